The summed E-state index contributed by atoms with van der Waals surface area (Å²) in [5.41, 5.74) is 1.23. The number of β-amino-alcohol motifs (C(OH)–C–C–N with tert-alkyl or cyclic N) is 1. The highest BCUT2D eigenvalue weighted by Crippen LogP contribution is 2.17. The van der Waals surface area contributed by atoms with E-state index in [-0.39, 0.29) is 5.91 Å². The number of hydrogen-bond donors (Lipinski definition) is 3. The van der Waals surface area contributed by atoms with Crippen LogP contribution in [0.4, 0.5) is 5.13 Å². The molecule has 0 unspecified atom stereocenters. The van der Waals surface area contributed by atoms with Crippen LogP contribution in [0.1, 0.15) is 16.2 Å². The monoisotopic (exact) mass is 337 g/mol. The van der Waals surface area contributed by atoms with Crippen molar-refractivity contribution >= 4 is 22.4 Å². The molecule has 23 heavy (non-hydrogen) atoms. The molecule has 3 rings (SSSR count). The van der Waals surface area contributed by atoms with Gasteiger partial charge in [0.05, 0.1) is 18.0 Å². The minimum Gasteiger partial charge on any atom is -0.390 e. The van der Waals surface area contributed by atoms with Gasteiger partial charge in [0.1, 0.15) is 5.69 Å². The number of aromatic nitrogens is 4. The lowest BCUT2D eigenvalue weighted by atomic mass is 10.3. The number of thiazole rings is 1. The minimum atomic E-state index is -0.601. The molecule has 1 amide bonds. The second kappa shape index (κ2) is 7.02. The molecule has 3 N–H and O–H groups in total. The van der Waals surface area contributed by atoms with Crippen molar-refractivity contribution in [3.8, 4) is 0 Å². The smallest absolute Gasteiger partial charge is 0.273 e. The number of carbonyl (C=O) groups excluding carboxylic acids is 1. The molecule has 1 saturated heterocycles. The molecule has 1 aliphatic heterocycles. The van der Waals surface area contributed by atoms with Gasteiger partial charge in [0.15, 0.2) is 5.13 Å². The van der Waals surface area contributed by atoms with Gasteiger partial charge in [-0.05, 0) is 0 Å². The number of nitrogens with zero attached hydrogens (tertiary/aromatic N) is 5. The summed E-state index contributed by atoms with van der Waals surface area (Å²) in [6.07, 6.45) is 1.06. The molecule has 0 aromatic carbocycles. The van der Waals surface area contributed by atoms with E-state index in [1.807, 2.05) is 0 Å². The summed E-state index contributed by atoms with van der Waals surface area (Å²) in [4.78, 5) is 20.5. The Balaban J connectivity index is 1.64. The lowest BCUT2D eigenvalue weighted by Gasteiger charge is -2.20. The Morgan fingerprint density at radius 1 is 1.52 bits per heavy atom. The summed E-state index contributed by atoms with van der Waals surface area (Å²) in [7, 11) is 1.77. The molecule has 2 aromatic heterocycles. The van der Waals surface area contributed by atoms with Gasteiger partial charge in [0.2, 0.25) is 0 Å². The number of anilines is 1. The van der Waals surface area contributed by atoms with E-state index in [4.69, 9.17) is 0 Å². The van der Waals surface area contributed by atoms with Gasteiger partial charge in [-0.2, -0.15) is 15.4 Å². The number of amides is 1. The van der Waals surface area contributed by atoms with Gasteiger partial charge in [-0.25, -0.2) is 4.98 Å². The number of rotatable bonds is 4. The van der Waals surface area contributed by atoms with Crippen molar-refractivity contribution in [2.45, 2.75) is 12.6 Å². The van der Waals surface area contributed by atoms with Gasteiger partial charge >= 0.3 is 0 Å². The summed E-state index contributed by atoms with van der Waals surface area (Å²) in [6, 6.07) is 0. The zero-order valence-electron chi connectivity index (χ0n) is 12.8. The molecule has 3 heterocycles. The molecular formula is C13H19N7O2S. The first-order valence-corrected chi connectivity index (χ1v) is 8.21. The molecule has 9 nitrogen and oxygen atoms in total. The molecule has 10 heteroatoms. The van der Waals surface area contributed by atoms with Crippen LogP contribution in [0.5, 0.6) is 0 Å². The topological polar surface area (TPSA) is 110 Å². The van der Waals surface area contributed by atoms with Crippen LogP contribution in [-0.4, -0.2) is 80.5 Å². The maximum absolute atomic E-state index is 12.5. The molecule has 1 aliphatic rings. The van der Waals surface area contributed by atoms with E-state index in [9.17, 15) is 9.90 Å². The van der Waals surface area contributed by atoms with Gasteiger partial charge in [-0.15, -0.1) is 11.3 Å². The third kappa shape index (κ3) is 3.84. The average Bonchev–Trinajstić information content (AvgIpc) is 3.18. The summed E-state index contributed by atoms with van der Waals surface area (Å²) in [5.74, 6) is -0.148. The number of aromatic amines is 1. The van der Waals surface area contributed by atoms with Crippen LogP contribution >= 0.6 is 11.3 Å². The molecule has 124 valence electrons. The lowest BCUT2D eigenvalue weighted by molar-refractivity contribution is 0.0658. The second-order valence-corrected chi connectivity index (χ2v) is 6.25. The van der Waals surface area contributed by atoms with Crippen molar-refractivity contribution in [3.05, 3.63) is 23.0 Å². The van der Waals surface area contributed by atoms with E-state index in [1.165, 1.54) is 11.3 Å². The lowest BCUT2D eigenvalue weighted by Crippen LogP contribution is -2.37. The van der Waals surface area contributed by atoms with Gasteiger partial charge in [-0.1, -0.05) is 0 Å². The minimum absolute atomic E-state index is 0.148. The van der Waals surface area contributed by atoms with E-state index >= 15 is 0 Å². The van der Waals surface area contributed by atoms with Crippen LogP contribution in [0.3, 0.4) is 0 Å². The van der Waals surface area contributed by atoms with E-state index in [0.717, 1.165) is 5.69 Å². The van der Waals surface area contributed by atoms with E-state index in [1.54, 1.807) is 23.5 Å². The quantitative estimate of drug-likeness (QED) is 0.697. The van der Waals surface area contributed by atoms with E-state index in [2.05, 4.69) is 30.6 Å². The highest BCUT2D eigenvalue weighted by atomic mass is 32.1. The van der Waals surface area contributed by atoms with Crippen molar-refractivity contribution in [1.29, 1.82) is 0 Å². The van der Waals surface area contributed by atoms with Gasteiger partial charge in [-0.3, -0.25) is 9.69 Å². The predicted octanol–water partition coefficient (Wildman–Crippen LogP) is -0.378. The standard InChI is InChI=1S/C13H19N7O2S/c1-14-13-16-11(8-23-13)12(22)20-3-2-19(6-10(21)7-20)5-9-4-15-18-17-9/h4,8,10,21H,2-3,5-7H2,1H3,(H,14,16)(H,15,17,18)/t10-/m0/s1. The Labute approximate surface area is 137 Å². The SMILES string of the molecule is CNc1nc(C(=O)N2CCN(Cc3cn[nH]n3)C[C@H](O)C2)cs1. The van der Waals surface area contributed by atoms with Crippen molar-refractivity contribution < 1.29 is 9.90 Å². The second-order valence-electron chi connectivity index (χ2n) is 5.39. The number of aliphatic hydroxyl groups is 1. The van der Waals surface area contributed by atoms with Crippen LogP contribution in [0.15, 0.2) is 11.6 Å². The van der Waals surface area contributed by atoms with Gasteiger partial charge < -0.3 is 15.3 Å². The largest absolute Gasteiger partial charge is 0.390 e. The molecule has 0 saturated carbocycles. The van der Waals surface area contributed by atoms with Gasteiger partial charge in [0, 0.05) is 45.2 Å². The summed E-state index contributed by atoms with van der Waals surface area (Å²) in [5, 5.41) is 25.9. The van der Waals surface area contributed by atoms with Crippen molar-refractivity contribution in [2.75, 3.05) is 38.5 Å². The number of H-pyrrole nitrogens is 1. The molecule has 0 spiro atoms. The molecule has 0 bridgehead atoms. The number of carbonyl (C=O) groups is 1. The molecular weight excluding hydrogens is 318 g/mol. The number of hydrogen-bond acceptors (Lipinski definition) is 8. The predicted molar refractivity (Wildman–Crippen MR) is 85.2 cm³/mol. The maximum Gasteiger partial charge on any atom is 0.273 e. The molecule has 2 aromatic rings. The highest BCUT2D eigenvalue weighted by molar-refractivity contribution is 7.13. The van der Waals surface area contributed by atoms with Crippen molar-refractivity contribution in [2.24, 2.45) is 0 Å². The Morgan fingerprint density at radius 2 is 2.39 bits per heavy atom. The third-order valence-electron chi connectivity index (χ3n) is 3.66. The Bertz CT molecular complexity index is 645. The van der Waals surface area contributed by atoms with Crippen molar-refractivity contribution in [3.63, 3.8) is 0 Å². The Hall–Kier alpha value is -2.04. The fourth-order valence-corrected chi connectivity index (χ4v) is 3.21. The Kier molecular flexibility index (Phi) is 4.84. The zero-order valence-corrected chi connectivity index (χ0v) is 13.6. The van der Waals surface area contributed by atoms with Crippen LogP contribution in [0.2, 0.25) is 0 Å². The van der Waals surface area contributed by atoms with Gasteiger partial charge in [0.25, 0.3) is 5.91 Å². The van der Waals surface area contributed by atoms with Crippen LogP contribution in [0.25, 0.3) is 0 Å². The number of nitrogens with one attached hydrogen (secondary N) is 2. The summed E-state index contributed by atoms with van der Waals surface area (Å²) >= 11 is 1.39. The van der Waals surface area contributed by atoms with E-state index < -0.39 is 6.10 Å². The molecule has 0 radical (unpaired) electrons. The summed E-state index contributed by atoms with van der Waals surface area (Å²) < 4.78 is 0. The maximum atomic E-state index is 12.5. The molecule has 0 aliphatic carbocycles. The first kappa shape index (κ1) is 15.8. The average molecular weight is 337 g/mol. The fourth-order valence-electron chi connectivity index (χ4n) is 2.56. The highest BCUT2D eigenvalue weighted by Gasteiger charge is 2.26. The molecule has 1 fully saturated rings. The first-order chi connectivity index (χ1) is 11.2. The first-order valence-electron chi connectivity index (χ1n) is 7.33. The van der Waals surface area contributed by atoms with Crippen LogP contribution < -0.4 is 5.32 Å². The van der Waals surface area contributed by atoms with Crippen LogP contribution in [0, 0.1) is 0 Å². The van der Waals surface area contributed by atoms with Crippen molar-refractivity contribution in [1.82, 2.24) is 30.2 Å². The molecule has 1 atom stereocenters. The zero-order chi connectivity index (χ0) is 16.2. The Morgan fingerprint density at radius 3 is 3.09 bits per heavy atom. The number of aliphatic hydroxyl groups excluding tert-OH is 1. The fraction of sp³-hybridized carbons (Fsp3) is 0.538. The normalized spacial score (nSPS) is 19.6. The van der Waals surface area contributed by atoms with E-state index in [0.29, 0.717) is 43.5 Å². The van der Waals surface area contributed by atoms with Crippen LogP contribution in [-0.2, 0) is 6.54 Å². The summed E-state index contributed by atoms with van der Waals surface area (Å²) in [6.45, 7) is 2.60. The third-order valence-corrected chi connectivity index (χ3v) is 4.52.